The summed E-state index contributed by atoms with van der Waals surface area (Å²) in [5.74, 6) is 1.69. The van der Waals surface area contributed by atoms with Gasteiger partial charge in [-0.3, -0.25) is 0 Å². The summed E-state index contributed by atoms with van der Waals surface area (Å²) < 4.78 is 0. The number of benzene rings is 1. The molecule has 100 valence electrons. The topological polar surface area (TPSA) is 26.0 Å². The van der Waals surface area contributed by atoms with Crippen molar-refractivity contribution in [1.82, 2.24) is 0 Å². The van der Waals surface area contributed by atoms with Gasteiger partial charge in [-0.15, -0.1) is 12.4 Å². The standard InChI is InChI=1S/C16H23N.ClH/c1-2-16(11-12-6-4-3-5-7-12)14-9-8-13(10-14)15(16)17;/h3-7,13-15H,2,8-11,17H2,1H3;1H/t13-,14+,15-,16+;/m1./s1. The Morgan fingerprint density at radius 3 is 2.50 bits per heavy atom. The van der Waals surface area contributed by atoms with Crippen LogP contribution in [0.2, 0.25) is 0 Å². The van der Waals surface area contributed by atoms with E-state index < -0.39 is 0 Å². The van der Waals surface area contributed by atoms with Crippen LogP contribution in [0.15, 0.2) is 30.3 Å². The van der Waals surface area contributed by atoms with E-state index in [4.69, 9.17) is 5.73 Å². The second-order valence-corrected chi connectivity index (χ2v) is 6.04. The molecule has 0 unspecified atom stereocenters. The van der Waals surface area contributed by atoms with E-state index in [1.165, 1.54) is 37.7 Å². The normalized spacial score (nSPS) is 37.6. The Morgan fingerprint density at radius 1 is 1.22 bits per heavy atom. The number of halogens is 1. The Hall–Kier alpha value is -0.530. The molecule has 2 aliphatic carbocycles. The van der Waals surface area contributed by atoms with E-state index in [9.17, 15) is 0 Å². The van der Waals surface area contributed by atoms with Crippen molar-refractivity contribution in [3.8, 4) is 0 Å². The summed E-state index contributed by atoms with van der Waals surface area (Å²) in [6.07, 6.45) is 6.61. The average molecular weight is 266 g/mol. The highest BCUT2D eigenvalue weighted by molar-refractivity contribution is 5.85. The number of hydrogen-bond donors (Lipinski definition) is 1. The molecule has 0 saturated heterocycles. The maximum absolute atomic E-state index is 6.56. The zero-order chi connectivity index (χ0) is 11.9. The Bertz CT molecular complexity index is 387. The van der Waals surface area contributed by atoms with Gasteiger partial charge in [0.2, 0.25) is 0 Å². The van der Waals surface area contributed by atoms with E-state index in [1.54, 1.807) is 0 Å². The van der Waals surface area contributed by atoms with E-state index >= 15 is 0 Å². The molecule has 2 heteroatoms. The Labute approximate surface area is 117 Å². The summed E-state index contributed by atoms with van der Waals surface area (Å²) in [6, 6.07) is 11.4. The summed E-state index contributed by atoms with van der Waals surface area (Å²) in [5.41, 5.74) is 8.42. The number of nitrogens with two attached hydrogens (primary N) is 1. The molecule has 1 aromatic rings. The van der Waals surface area contributed by atoms with Crippen LogP contribution < -0.4 is 5.73 Å². The molecule has 0 heterocycles. The fourth-order valence-electron chi connectivity index (χ4n) is 4.49. The van der Waals surface area contributed by atoms with Gasteiger partial charge in [0, 0.05) is 6.04 Å². The second kappa shape index (κ2) is 5.22. The van der Waals surface area contributed by atoms with Crippen LogP contribution in [0.3, 0.4) is 0 Å². The summed E-state index contributed by atoms with van der Waals surface area (Å²) in [6.45, 7) is 2.34. The van der Waals surface area contributed by atoms with Gasteiger partial charge in [0.1, 0.15) is 0 Å². The zero-order valence-corrected chi connectivity index (χ0v) is 12.0. The molecule has 0 radical (unpaired) electrons. The molecule has 1 nitrogen and oxygen atoms in total. The molecule has 0 spiro atoms. The quantitative estimate of drug-likeness (QED) is 0.884. The van der Waals surface area contributed by atoms with Gasteiger partial charge in [0.15, 0.2) is 0 Å². The van der Waals surface area contributed by atoms with Crippen molar-refractivity contribution >= 4 is 12.4 Å². The lowest BCUT2D eigenvalue weighted by molar-refractivity contribution is 0.124. The molecular formula is C16H24ClN. The summed E-state index contributed by atoms with van der Waals surface area (Å²) in [7, 11) is 0. The first-order chi connectivity index (χ1) is 8.26. The van der Waals surface area contributed by atoms with Gasteiger partial charge in [-0.2, -0.15) is 0 Å². The minimum atomic E-state index is 0. The van der Waals surface area contributed by atoms with Crippen LogP contribution in [0.1, 0.15) is 38.2 Å². The zero-order valence-electron chi connectivity index (χ0n) is 11.1. The maximum Gasteiger partial charge on any atom is 0.0130 e. The fourth-order valence-corrected chi connectivity index (χ4v) is 4.49. The minimum Gasteiger partial charge on any atom is -0.327 e. The summed E-state index contributed by atoms with van der Waals surface area (Å²) in [4.78, 5) is 0. The lowest BCUT2D eigenvalue weighted by atomic mass is 9.65. The lowest BCUT2D eigenvalue weighted by Crippen LogP contribution is -2.47. The van der Waals surface area contributed by atoms with Gasteiger partial charge in [0.05, 0.1) is 0 Å². The highest BCUT2D eigenvalue weighted by Gasteiger charge is 2.55. The molecule has 2 bridgehead atoms. The highest BCUT2D eigenvalue weighted by Crippen LogP contribution is 2.58. The van der Waals surface area contributed by atoms with Gasteiger partial charge in [-0.05, 0) is 54.9 Å². The van der Waals surface area contributed by atoms with E-state index in [0.717, 1.165) is 11.8 Å². The van der Waals surface area contributed by atoms with Crippen molar-refractivity contribution in [2.24, 2.45) is 23.0 Å². The van der Waals surface area contributed by atoms with Crippen LogP contribution in [0.25, 0.3) is 0 Å². The Kier molecular flexibility index (Phi) is 4.03. The number of rotatable bonds is 3. The van der Waals surface area contributed by atoms with E-state index in [0.29, 0.717) is 11.5 Å². The van der Waals surface area contributed by atoms with Crippen molar-refractivity contribution in [3.63, 3.8) is 0 Å². The lowest BCUT2D eigenvalue weighted by Gasteiger charge is -2.42. The predicted octanol–water partition coefficient (Wildman–Crippen LogP) is 3.80. The third-order valence-corrected chi connectivity index (χ3v) is 5.49. The largest absolute Gasteiger partial charge is 0.327 e. The second-order valence-electron chi connectivity index (χ2n) is 6.04. The molecule has 1 aromatic carbocycles. The third kappa shape index (κ3) is 1.98. The van der Waals surface area contributed by atoms with Gasteiger partial charge in [0.25, 0.3) is 0 Å². The molecule has 0 aromatic heterocycles. The van der Waals surface area contributed by atoms with E-state index in [1.807, 2.05) is 0 Å². The smallest absolute Gasteiger partial charge is 0.0130 e. The SMILES string of the molecule is CC[C@]1(Cc2ccccc2)[C@H]2CC[C@H](C2)[C@H]1N.Cl. The van der Waals surface area contributed by atoms with E-state index in [-0.39, 0.29) is 12.4 Å². The molecule has 18 heavy (non-hydrogen) atoms. The number of hydrogen-bond acceptors (Lipinski definition) is 1. The van der Waals surface area contributed by atoms with Crippen molar-refractivity contribution in [3.05, 3.63) is 35.9 Å². The van der Waals surface area contributed by atoms with Crippen LogP contribution in [0.5, 0.6) is 0 Å². The van der Waals surface area contributed by atoms with Crippen LogP contribution >= 0.6 is 12.4 Å². The van der Waals surface area contributed by atoms with Gasteiger partial charge < -0.3 is 5.73 Å². The average Bonchev–Trinajstić information content (AvgIpc) is 2.94. The molecule has 2 saturated carbocycles. The first-order valence-corrected chi connectivity index (χ1v) is 7.06. The molecule has 0 aliphatic heterocycles. The fraction of sp³-hybridized carbons (Fsp3) is 0.625. The van der Waals surface area contributed by atoms with Gasteiger partial charge >= 0.3 is 0 Å². The van der Waals surface area contributed by atoms with Crippen molar-refractivity contribution in [2.75, 3.05) is 0 Å². The van der Waals surface area contributed by atoms with Crippen molar-refractivity contribution in [1.29, 1.82) is 0 Å². The summed E-state index contributed by atoms with van der Waals surface area (Å²) in [5, 5.41) is 0. The van der Waals surface area contributed by atoms with Gasteiger partial charge in [-0.25, -0.2) is 0 Å². The van der Waals surface area contributed by atoms with Crippen LogP contribution in [0.4, 0.5) is 0 Å². The summed E-state index contributed by atoms with van der Waals surface area (Å²) >= 11 is 0. The van der Waals surface area contributed by atoms with Crippen molar-refractivity contribution < 1.29 is 0 Å². The molecule has 2 N–H and O–H groups in total. The monoisotopic (exact) mass is 265 g/mol. The van der Waals surface area contributed by atoms with Gasteiger partial charge in [-0.1, -0.05) is 37.3 Å². The molecule has 2 aliphatic rings. The molecule has 4 atom stereocenters. The van der Waals surface area contributed by atoms with Crippen LogP contribution in [0, 0.1) is 17.3 Å². The maximum atomic E-state index is 6.56. The Morgan fingerprint density at radius 2 is 1.94 bits per heavy atom. The molecule has 2 fully saturated rings. The first-order valence-electron chi connectivity index (χ1n) is 7.06. The van der Waals surface area contributed by atoms with Crippen molar-refractivity contribution in [2.45, 2.75) is 45.1 Å². The minimum absolute atomic E-state index is 0. The third-order valence-electron chi connectivity index (χ3n) is 5.49. The molecule has 3 rings (SSSR count). The molecular weight excluding hydrogens is 242 g/mol. The predicted molar refractivity (Wildman–Crippen MR) is 78.9 cm³/mol. The van der Waals surface area contributed by atoms with Crippen LogP contribution in [-0.4, -0.2) is 6.04 Å². The van der Waals surface area contributed by atoms with Crippen LogP contribution in [-0.2, 0) is 6.42 Å². The highest BCUT2D eigenvalue weighted by atomic mass is 35.5. The van der Waals surface area contributed by atoms with E-state index in [2.05, 4.69) is 37.3 Å². The molecule has 0 amide bonds. The number of fused-ring (bicyclic) bond motifs is 2. The Balaban J connectivity index is 0.00000120. The first kappa shape index (κ1) is 13.9.